The average Bonchev–Trinajstić information content (AvgIpc) is 3.07. The van der Waals surface area contributed by atoms with Gasteiger partial charge in [-0.3, -0.25) is 4.79 Å². The van der Waals surface area contributed by atoms with Gasteiger partial charge >= 0.3 is 0 Å². The highest BCUT2D eigenvalue weighted by Crippen LogP contribution is 2.22. The Bertz CT molecular complexity index is 617. The molecular formula is C13H21N3O4S. The van der Waals surface area contributed by atoms with Crippen LogP contribution in [0.25, 0.3) is 0 Å². The summed E-state index contributed by atoms with van der Waals surface area (Å²) in [4.78, 5) is 12.2. The fourth-order valence-electron chi connectivity index (χ4n) is 2.32. The number of sulfonamides is 1. The van der Waals surface area contributed by atoms with Gasteiger partial charge in [0.2, 0.25) is 10.0 Å². The molecule has 2 rings (SSSR count). The second-order valence-electron chi connectivity index (χ2n) is 5.34. The van der Waals surface area contributed by atoms with Gasteiger partial charge in [0.25, 0.3) is 5.91 Å². The van der Waals surface area contributed by atoms with Crippen molar-refractivity contribution in [2.75, 3.05) is 19.7 Å². The molecule has 1 aliphatic rings. The van der Waals surface area contributed by atoms with E-state index in [2.05, 4.69) is 5.32 Å². The smallest absolute Gasteiger partial charge is 0.268 e. The zero-order chi connectivity index (χ0) is 15.6. The highest BCUT2D eigenvalue weighted by molar-refractivity contribution is 7.89. The number of aryl methyl sites for hydroxylation is 1. The van der Waals surface area contributed by atoms with Crippen LogP contribution in [-0.2, 0) is 17.1 Å². The number of carbonyl (C=O) groups excluding carboxylic acids is 1. The van der Waals surface area contributed by atoms with Gasteiger partial charge in [-0.25, -0.2) is 8.42 Å². The predicted molar refractivity (Wildman–Crippen MR) is 77.4 cm³/mol. The lowest BCUT2D eigenvalue weighted by Crippen LogP contribution is -2.35. The third kappa shape index (κ3) is 3.28. The van der Waals surface area contributed by atoms with Crippen LogP contribution in [0.4, 0.5) is 0 Å². The first-order valence-corrected chi connectivity index (χ1v) is 8.38. The van der Waals surface area contributed by atoms with Crippen molar-refractivity contribution < 1.29 is 18.3 Å². The lowest BCUT2D eigenvalue weighted by Gasteiger charge is -2.13. The number of nitrogens with zero attached hydrogens (tertiary/aromatic N) is 2. The fourth-order valence-corrected chi connectivity index (χ4v) is 3.91. The van der Waals surface area contributed by atoms with Crippen molar-refractivity contribution in [3.63, 3.8) is 0 Å². The Kier molecular flexibility index (Phi) is 4.70. The minimum absolute atomic E-state index is 0.133. The highest BCUT2D eigenvalue weighted by Gasteiger charge is 2.29. The highest BCUT2D eigenvalue weighted by atomic mass is 32.2. The summed E-state index contributed by atoms with van der Waals surface area (Å²) in [5.41, 5.74) is 0.257. The zero-order valence-corrected chi connectivity index (χ0v) is 13.1. The quantitative estimate of drug-likeness (QED) is 0.795. The molecule has 2 heterocycles. The van der Waals surface area contributed by atoms with Crippen molar-refractivity contribution >= 4 is 15.9 Å². The maximum Gasteiger partial charge on any atom is 0.268 e. The van der Waals surface area contributed by atoms with Crippen molar-refractivity contribution in [2.45, 2.75) is 30.7 Å². The van der Waals surface area contributed by atoms with E-state index in [1.165, 1.54) is 21.1 Å². The number of amides is 1. The molecule has 7 nitrogen and oxygen atoms in total. The van der Waals surface area contributed by atoms with E-state index in [1.54, 1.807) is 14.0 Å². The molecule has 1 fully saturated rings. The van der Waals surface area contributed by atoms with Gasteiger partial charge < -0.3 is 15.0 Å². The maximum atomic E-state index is 12.4. The van der Waals surface area contributed by atoms with Crippen LogP contribution in [0.15, 0.2) is 17.2 Å². The maximum absolute atomic E-state index is 12.4. The first-order chi connectivity index (χ1) is 9.86. The summed E-state index contributed by atoms with van der Waals surface area (Å²) in [5, 5.41) is 11.6. The number of aliphatic hydroxyl groups is 1. The minimum atomic E-state index is -3.52. The number of aliphatic hydroxyl groups excluding tert-OH is 1. The zero-order valence-electron chi connectivity index (χ0n) is 12.2. The van der Waals surface area contributed by atoms with Gasteiger partial charge in [-0.05, 0) is 25.8 Å². The molecule has 1 atom stereocenters. The van der Waals surface area contributed by atoms with Crippen LogP contribution in [0.2, 0.25) is 0 Å². The Labute approximate surface area is 124 Å². The molecule has 0 saturated carbocycles. The molecule has 1 unspecified atom stereocenters. The molecule has 8 heteroatoms. The van der Waals surface area contributed by atoms with Gasteiger partial charge in [-0.15, -0.1) is 0 Å². The van der Waals surface area contributed by atoms with E-state index in [9.17, 15) is 13.2 Å². The second kappa shape index (κ2) is 6.17. The summed E-state index contributed by atoms with van der Waals surface area (Å²) in [5.74, 6) is -0.401. The van der Waals surface area contributed by atoms with Gasteiger partial charge in [0.15, 0.2) is 0 Å². The van der Waals surface area contributed by atoms with Crippen LogP contribution in [0.1, 0.15) is 30.3 Å². The summed E-state index contributed by atoms with van der Waals surface area (Å²) in [6.45, 7) is 2.55. The van der Waals surface area contributed by atoms with Crippen LogP contribution < -0.4 is 5.32 Å². The topological polar surface area (TPSA) is 91.6 Å². The van der Waals surface area contributed by atoms with Gasteiger partial charge in [-0.2, -0.15) is 4.31 Å². The molecule has 2 N–H and O–H groups in total. The number of carbonyl (C=O) groups is 1. The number of rotatable bonds is 5. The molecule has 0 aliphatic carbocycles. The normalized spacial score (nSPS) is 17.9. The number of aromatic nitrogens is 1. The van der Waals surface area contributed by atoms with E-state index in [0.717, 1.165) is 12.8 Å². The van der Waals surface area contributed by atoms with Crippen molar-refractivity contribution in [3.8, 4) is 0 Å². The SMILES string of the molecule is CC(CO)NC(=O)c1cc(S(=O)(=O)N2CCCC2)cn1C. The summed E-state index contributed by atoms with van der Waals surface area (Å²) in [7, 11) is -1.90. The Balaban J connectivity index is 2.24. The minimum Gasteiger partial charge on any atom is -0.394 e. The van der Waals surface area contributed by atoms with E-state index < -0.39 is 15.9 Å². The second-order valence-corrected chi connectivity index (χ2v) is 7.28. The Hall–Kier alpha value is -1.38. The Morgan fingerprint density at radius 1 is 1.43 bits per heavy atom. The van der Waals surface area contributed by atoms with Crippen LogP contribution >= 0.6 is 0 Å². The van der Waals surface area contributed by atoms with E-state index in [0.29, 0.717) is 13.1 Å². The molecule has 1 aliphatic heterocycles. The molecule has 0 radical (unpaired) electrons. The van der Waals surface area contributed by atoms with Crippen LogP contribution in [0.5, 0.6) is 0 Å². The third-order valence-electron chi connectivity index (χ3n) is 3.57. The third-order valence-corrected chi connectivity index (χ3v) is 5.43. The average molecular weight is 315 g/mol. The molecule has 1 aromatic heterocycles. The molecule has 0 bridgehead atoms. The molecule has 0 spiro atoms. The predicted octanol–water partition coefficient (Wildman–Crippen LogP) is -0.0798. The van der Waals surface area contributed by atoms with Gasteiger partial charge in [0, 0.05) is 32.4 Å². The Morgan fingerprint density at radius 2 is 2.05 bits per heavy atom. The monoisotopic (exact) mass is 315 g/mol. The van der Waals surface area contributed by atoms with Crippen molar-refractivity contribution in [1.82, 2.24) is 14.2 Å². The van der Waals surface area contributed by atoms with Crippen molar-refractivity contribution in [3.05, 3.63) is 18.0 Å². The molecule has 1 saturated heterocycles. The van der Waals surface area contributed by atoms with E-state index in [-0.39, 0.29) is 23.2 Å². The number of hydrogen-bond acceptors (Lipinski definition) is 4. The molecule has 118 valence electrons. The standard InChI is InChI=1S/C13H21N3O4S/c1-10(9-17)14-13(18)12-7-11(8-15(12)2)21(19,20)16-5-3-4-6-16/h7-8,10,17H,3-6,9H2,1-2H3,(H,14,18). The van der Waals surface area contributed by atoms with E-state index in [1.807, 2.05) is 0 Å². The summed E-state index contributed by atoms with van der Waals surface area (Å²) < 4.78 is 27.8. The molecule has 21 heavy (non-hydrogen) atoms. The van der Waals surface area contributed by atoms with Gasteiger partial charge in [0.1, 0.15) is 10.6 Å². The summed E-state index contributed by atoms with van der Waals surface area (Å²) >= 11 is 0. The summed E-state index contributed by atoms with van der Waals surface area (Å²) in [6, 6.07) is 0.999. The van der Waals surface area contributed by atoms with Crippen molar-refractivity contribution in [2.24, 2.45) is 7.05 Å². The fraction of sp³-hybridized carbons (Fsp3) is 0.615. The van der Waals surface area contributed by atoms with Crippen LogP contribution in [-0.4, -0.2) is 54.0 Å². The first kappa shape index (κ1) is 16.0. The molecule has 1 aromatic rings. The molecular weight excluding hydrogens is 294 g/mol. The number of hydrogen-bond donors (Lipinski definition) is 2. The van der Waals surface area contributed by atoms with E-state index in [4.69, 9.17) is 5.11 Å². The van der Waals surface area contributed by atoms with Crippen LogP contribution in [0.3, 0.4) is 0 Å². The van der Waals surface area contributed by atoms with Gasteiger partial charge in [0.05, 0.1) is 6.61 Å². The molecule has 1 amide bonds. The van der Waals surface area contributed by atoms with Crippen LogP contribution in [0, 0.1) is 0 Å². The largest absolute Gasteiger partial charge is 0.394 e. The lowest BCUT2D eigenvalue weighted by atomic mass is 10.3. The van der Waals surface area contributed by atoms with E-state index >= 15 is 0 Å². The Morgan fingerprint density at radius 3 is 2.62 bits per heavy atom. The lowest BCUT2D eigenvalue weighted by molar-refractivity contribution is 0.0914. The first-order valence-electron chi connectivity index (χ1n) is 6.94. The molecule has 0 aromatic carbocycles. The van der Waals surface area contributed by atoms with Gasteiger partial charge in [-0.1, -0.05) is 0 Å². The number of nitrogens with one attached hydrogen (secondary N) is 1. The van der Waals surface area contributed by atoms with Crippen molar-refractivity contribution in [1.29, 1.82) is 0 Å². The summed E-state index contributed by atoms with van der Waals surface area (Å²) in [6.07, 6.45) is 3.19.